The fraction of sp³-hybridized carbons (Fsp3) is 0.111. The van der Waals surface area contributed by atoms with Gasteiger partial charge in [-0.1, -0.05) is 0 Å². The molecular formula is C9H8Br2N4. The van der Waals surface area contributed by atoms with Crippen molar-refractivity contribution in [2.24, 2.45) is 0 Å². The highest BCUT2D eigenvalue weighted by Gasteiger charge is 2.05. The lowest BCUT2D eigenvalue weighted by atomic mass is 10.3. The minimum atomic E-state index is 0.488. The fourth-order valence-electron chi connectivity index (χ4n) is 1.18. The normalized spacial score (nSPS) is 10.5. The van der Waals surface area contributed by atoms with Crippen molar-refractivity contribution in [2.75, 3.05) is 5.73 Å². The molecule has 78 valence electrons. The zero-order valence-corrected chi connectivity index (χ0v) is 10.9. The monoisotopic (exact) mass is 330 g/mol. The number of hydrogen-bond acceptors (Lipinski definition) is 3. The summed E-state index contributed by atoms with van der Waals surface area (Å²) in [6.07, 6.45) is 3.58. The van der Waals surface area contributed by atoms with E-state index < -0.39 is 0 Å². The second-order valence-corrected chi connectivity index (χ2v) is 4.70. The van der Waals surface area contributed by atoms with Crippen molar-refractivity contribution in [2.45, 2.75) is 6.54 Å². The van der Waals surface area contributed by atoms with Gasteiger partial charge in [-0.05, 0) is 44.0 Å². The summed E-state index contributed by atoms with van der Waals surface area (Å²) in [5, 5.41) is 4.13. The lowest BCUT2D eigenvalue weighted by Gasteiger charge is -2.02. The average molecular weight is 332 g/mol. The van der Waals surface area contributed by atoms with Crippen LogP contribution in [0.5, 0.6) is 0 Å². The van der Waals surface area contributed by atoms with Crippen LogP contribution in [0.4, 0.5) is 5.82 Å². The largest absolute Gasteiger partial charge is 0.381 e. The molecule has 0 aromatic carbocycles. The molecule has 0 aliphatic heterocycles. The van der Waals surface area contributed by atoms with Crippen LogP contribution in [0.25, 0.3) is 0 Å². The van der Waals surface area contributed by atoms with Crippen molar-refractivity contribution in [1.29, 1.82) is 0 Å². The Morgan fingerprint density at radius 2 is 2.13 bits per heavy atom. The number of hydrogen-bond donors (Lipinski definition) is 1. The molecule has 2 aromatic heterocycles. The van der Waals surface area contributed by atoms with E-state index in [0.717, 1.165) is 14.6 Å². The lowest BCUT2D eigenvalue weighted by molar-refractivity contribution is 0.673. The van der Waals surface area contributed by atoms with Gasteiger partial charge < -0.3 is 5.73 Å². The first kappa shape index (κ1) is 10.6. The van der Waals surface area contributed by atoms with Crippen LogP contribution in [0.3, 0.4) is 0 Å². The maximum atomic E-state index is 5.62. The molecule has 0 spiro atoms. The molecule has 0 saturated heterocycles. The maximum absolute atomic E-state index is 5.62. The predicted molar refractivity (Wildman–Crippen MR) is 65.4 cm³/mol. The van der Waals surface area contributed by atoms with Crippen molar-refractivity contribution in [1.82, 2.24) is 14.8 Å². The van der Waals surface area contributed by atoms with E-state index in [1.807, 2.05) is 18.3 Å². The Bertz CT molecular complexity index is 461. The van der Waals surface area contributed by atoms with Crippen LogP contribution in [-0.2, 0) is 6.54 Å². The Morgan fingerprint density at radius 3 is 2.73 bits per heavy atom. The Morgan fingerprint density at radius 1 is 1.33 bits per heavy atom. The van der Waals surface area contributed by atoms with Gasteiger partial charge >= 0.3 is 0 Å². The molecule has 0 aliphatic rings. The zero-order chi connectivity index (χ0) is 10.8. The Labute approximate surface area is 104 Å². The molecule has 0 atom stereocenters. The van der Waals surface area contributed by atoms with E-state index in [1.165, 1.54) is 0 Å². The van der Waals surface area contributed by atoms with Gasteiger partial charge in [-0.2, -0.15) is 5.10 Å². The van der Waals surface area contributed by atoms with Gasteiger partial charge in [0.25, 0.3) is 0 Å². The fourth-order valence-corrected chi connectivity index (χ4v) is 1.88. The quantitative estimate of drug-likeness (QED) is 0.919. The van der Waals surface area contributed by atoms with Gasteiger partial charge in [0.05, 0.1) is 16.7 Å². The summed E-state index contributed by atoms with van der Waals surface area (Å²) in [4.78, 5) is 4.25. The molecular weight excluding hydrogens is 324 g/mol. The third-order valence-corrected chi connectivity index (χ3v) is 3.22. The molecule has 0 saturated carbocycles. The average Bonchev–Trinajstić information content (AvgIpc) is 2.50. The van der Waals surface area contributed by atoms with E-state index in [-0.39, 0.29) is 0 Å². The molecule has 2 rings (SSSR count). The first-order valence-corrected chi connectivity index (χ1v) is 5.83. The topological polar surface area (TPSA) is 56.7 Å². The van der Waals surface area contributed by atoms with Gasteiger partial charge in [0.15, 0.2) is 5.82 Å². The SMILES string of the molecule is Nc1nn(Cc2ncccc2Br)cc1Br. The first-order chi connectivity index (χ1) is 7.16. The van der Waals surface area contributed by atoms with Crippen molar-refractivity contribution < 1.29 is 0 Å². The van der Waals surface area contributed by atoms with Gasteiger partial charge in [-0.3, -0.25) is 9.67 Å². The molecule has 2 aromatic rings. The number of aromatic nitrogens is 3. The smallest absolute Gasteiger partial charge is 0.159 e. The summed E-state index contributed by atoms with van der Waals surface area (Å²) >= 11 is 6.74. The molecule has 6 heteroatoms. The summed E-state index contributed by atoms with van der Waals surface area (Å²) in [6.45, 7) is 0.594. The van der Waals surface area contributed by atoms with Crippen LogP contribution in [0.15, 0.2) is 33.5 Å². The molecule has 0 fully saturated rings. The minimum Gasteiger partial charge on any atom is -0.381 e. The molecule has 0 aliphatic carbocycles. The van der Waals surface area contributed by atoms with Crippen LogP contribution in [-0.4, -0.2) is 14.8 Å². The first-order valence-electron chi connectivity index (χ1n) is 4.24. The van der Waals surface area contributed by atoms with Gasteiger partial charge in [-0.15, -0.1) is 0 Å². The highest BCUT2D eigenvalue weighted by molar-refractivity contribution is 9.10. The van der Waals surface area contributed by atoms with Gasteiger partial charge in [0, 0.05) is 16.9 Å². The van der Waals surface area contributed by atoms with Crippen molar-refractivity contribution >= 4 is 37.7 Å². The predicted octanol–water partition coefficient (Wildman–Crippen LogP) is 2.43. The second-order valence-electron chi connectivity index (χ2n) is 2.99. The highest BCUT2D eigenvalue weighted by Crippen LogP contribution is 2.19. The van der Waals surface area contributed by atoms with Crippen molar-refractivity contribution in [3.63, 3.8) is 0 Å². The molecule has 0 radical (unpaired) electrons. The number of rotatable bonds is 2. The number of nitrogen functional groups attached to an aromatic ring is 1. The number of anilines is 1. The lowest BCUT2D eigenvalue weighted by Crippen LogP contribution is -2.03. The summed E-state index contributed by atoms with van der Waals surface area (Å²) in [6, 6.07) is 3.82. The highest BCUT2D eigenvalue weighted by atomic mass is 79.9. The standard InChI is InChI=1S/C9H8Br2N4/c10-6-2-1-3-13-8(6)5-15-4-7(11)9(12)14-15/h1-4H,5H2,(H2,12,14). The molecule has 0 bridgehead atoms. The third kappa shape index (κ3) is 2.38. The number of nitrogens with zero attached hydrogens (tertiary/aromatic N) is 3. The molecule has 0 unspecified atom stereocenters. The molecule has 4 nitrogen and oxygen atoms in total. The number of pyridine rings is 1. The molecule has 2 N–H and O–H groups in total. The summed E-state index contributed by atoms with van der Waals surface area (Å²) < 4.78 is 3.51. The van der Waals surface area contributed by atoms with E-state index in [9.17, 15) is 0 Å². The van der Waals surface area contributed by atoms with Crippen LogP contribution >= 0.6 is 31.9 Å². The zero-order valence-electron chi connectivity index (χ0n) is 7.69. The van der Waals surface area contributed by atoms with Gasteiger partial charge in [0.1, 0.15) is 0 Å². The molecule has 15 heavy (non-hydrogen) atoms. The van der Waals surface area contributed by atoms with E-state index in [0.29, 0.717) is 12.4 Å². The van der Waals surface area contributed by atoms with E-state index in [4.69, 9.17) is 5.73 Å². The van der Waals surface area contributed by atoms with Gasteiger partial charge in [-0.25, -0.2) is 0 Å². The number of halogens is 2. The number of nitrogens with two attached hydrogens (primary N) is 1. The van der Waals surface area contributed by atoms with Crippen molar-refractivity contribution in [3.8, 4) is 0 Å². The summed E-state index contributed by atoms with van der Waals surface area (Å²) in [7, 11) is 0. The van der Waals surface area contributed by atoms with E-state index in [1.54, 1.807) is 10.9 Å². The molecule has 0 amide bonds. The van der Waals surface area contributed by atoms with Crippen LogP contribution < -0.4 is 5.73 Å². The Balaban J connectivity index is 2.26. The maximum Gasteiger partial charge on any atom is 0.159 e. The minimum absolute atomic E-state index is 0.488. The van der Waals surface area contributed by atoms with Crippen LogP contribution in [0.1, 0.15) is 5.69 Å². The van der Waals surface area contributed by atoms with Crippen LogP contribution in [0.2, 0.25) is 0 Å². The second kappa shape index (κ2) is 4.32. The summed E-state index contributed by atoms with van der Waals surface area (Å²) in [5.41, 5.74) is 6.55. The van der Waals surface area contributed by atoms with Gasteiger partial charge in [0.2, 0.25) is 0 Å². The Kier molecular flexibility index (Phi) is 3.06. The van der Waals surface area contributed by atoms with Crippen LogP contribution in [0, 0.1) is 0 Å². The molecule has 2 heterocycles. The van der Waals surface area contributed by atoms with Crippen molar-refractivity contribution in [3.05, 3.63) is 39.2 Å². The van der Waals surface area contributed by atoms with E-state index in [2.05, 4.69) is 41.9 Å². The Hall–Kier alpha value is -0.880. The summed E-state index contributed by atoms with van der Waals surface area (Å²) in [5.74, 6) is 0.488. The van der Waals surface area contributed by atoms with E-state index >= 15 is 0 Å². The third-order valence-electron chi connectivity index (χ3n) is 1.89.